The Labute approximate surface area is 59.9 Å². The number of nitrogens with one attached hydrogen (secondary N) is 1. The second-order valence-electron chi connectivity index (χ2n) is 2.97. The molecule has 2 N–H and O–H groups in total. The van der Waals surface area contributed by atoms with Crippen LogP contribution in [0.1, 0.15) is 25.0 Å². The fourth-order valence-electron chi connectivity index (χ4n) is 1.40. The first-order valence-electron chi connectivity index (χ1n) is 3.67. The van der Waals surface area contributed by atoms with E-state index in [9.17, 15) is 5.11 Å². The molecule has 0 bridgehead atoms. The minimum absolute atomic E-state index is 0.510. The normalized spacial score (nSPS) is 22.1. The number of aromatic amines is 1. The maximum absolute atomic E-state index is 9.74. The molecule has 0 saturated heterocycles. The van der Waals surface area contributed by atoms with Crippen molar-refractivity contribution in [2.75, 3.05) is 0 Å². The molecule has 1 aliphatic rings. The maximum Gasteiger partial charge on any atom is 0.104 e. The summed E-state index contributed by atoms with van der Waals surface area (Å²) >= 11 is 0. The van der Waals surface area contributed by atoms with Crippen LogP contribution in [0.3, 0.4) is 0 Å². The van der Waals surface area contributed by atoms with E-state index < -0.39 is 5.60 Å². The average molecular weight is 137 g/mol. The Morgan fingerprint density at radius 2 is 2.30 bits per heavy atom. The van der Waals surface area contributed by atoms with Crippen molar-refractivity contribution in [1.29, 1.82) is 0 Å². The zero-order valence-electron chi connectivity index (χ0n) is 5.80. The summed E-state index contributed by atoms with van der Waals surface area (Å²) in [5.41, 5.74) is 0.461. The summed E-state index contributed by atoms with van der Waals surface area (Å²) in [4.78, 5) is 3.03. The van der Waals surface area contributed by atoms with Crippen molar-refractivity contribution in [1.82, 2.24) is 4.98 Å². The molecule has 2 heteroatoms. The highest BCUT2D eigenvalue weighted by atomic mass is 16.3. The molecule has 0 atom stereocenters. The van der Waals surface area contributed by atoms with E-state index >= 15 is 0 Å². The van der Waals surface area contributed by atoms with Gasteiger partial charge in [-0.1, -0.05) is 0 Å². The van der Waals surface area contributed by atoms with Gasteiger partial charge in [0.15, 0.2) is 0 Å². The van der Waals surface area contributed by atoms with E-state index in [0.29, 0.717) is 0 Å². The quantitative estimate of drug-likeness (QED) is 0.602. The Bertz CT molecular complexity index is 211. The van der Waals surface area contributed by atoms with Gasteiger partial charge in [-0.05, 0) is 31.4 Å². The van der Waals surface area contributed by atoms with E-state index in [1.54, 1.807) is 0 Å². The van der Waals surface area contributed by atoms with Gasteiger partial charge in [-0.15, -0.1) is 0 Å². The molecule has 1 saturated carbocycles. The molecule has 1 heterocycles. The molecule has 0 radical (unpaired) electrons. The van der Waals surface area contributed by atoms with E-state index in [1.807, 2.05) is 18.3 Å². The van der Waals surface area contributed by atoms with Gasteiger partial charge in [0.1, 0.15) is 5.60 Å². The topological polar surface area (TPSA) is 36.0 Å². The summed E-state index contributed by atoms with van der Waals surface area (Å²) in [5, 5.41) is 9.74. The van der Waals surface area contributed by atoms with Gasteiger partial charge in [0.25, 0.3) is 0 Å². The highest BCUT2D eigenvalue weighted by Gasteiger charge is 2.36. The Morgan fingerprint density at radius 1 is 1.50 bits per heavy atom. The smallest absolute Gasteiger partial charge is 0.104 e. The summed E-state index contributed by atoms with van der Waals surface area (Å²) in [6, 6.07) is 3.87. The van der Waals surface area contributed by atoms with Crippen LogP contribution in [0.4, 0.5) is 0 Å². The first-order chi connectivity index (χ1) is 4.81. The second-order valence-corrected chi connectivity index (χ2v) is 2.97. The van der Waals surface area contributed by atoms with Crippen LogP contribution in [0.25, 0.3) is 0 Å². The van der Waals surface area contributed by atoms with Gasteiger partial charge in [-0.3, -0.25) is 0 Å². The number of H-pyrrole nitrogens is 1. The highest BCUT2D eigenvalue weighted by Crippen LogP contribution is 2.39. The van der Waals surface area contributed by atoms with Crippen molar-refractivity contribution in [2.24, 2.45) is 0 Å². The predicted molar refractivity (Wildman–Crippen MR) is 38.5 cm³/mol. The predicted octanol–water partition coefficient (Wildman–Crippen LogP) is 1.39. The lowest BCUT2D eigenvalue weighted by Gasteiger charge is -2.35. The molecular weight excluding hydrogens is 126 g/mol. The molecule has 1 fully saturated rings. The lowest BCUT2D eigenvalue weighted by molar-refractivity contribution is -0.0421. The molecule has 1 aliphatic carbocycles. The zero-order chi connectivity index (χ0) is 7.03. The summed E-state index contributed by atoms with van der Waals surface area (Å²) in [7, 11) is 0. The van der Waals surface area contributed by atoms with Crippen LogP contribution in [0.2, 0.25) is 0 Å². The number of rotatable bonds is 1. The van der Waals surface area contributed by atoms with Gasteiger partial charge in [0, 0.05) is 11.9 Å². The monoisotopic (exact) mass is 137 g/mol. The van der Waals surface area contributed by atoms with Crippen LogP contribution in [0.5, 0.6) is 0 Å². The Morgan fingerprint density at radius 3 is 2.70 bits per heavy atom. The van der Waals surface area contributed by atoms with Crippen LogP contribution in [0, 0.1) is 0 Å². The fourth-order valence-corrected chi connectivity index (χ4v) is 1.40. The van der Waals surface area contributed by atoms with Gasteiger partial charge in [0.05, 0.1) is 0 Å². The zero-order valence-corrected chi connectivity index (χ0v) is 5.80. The van der Waals surface area contributed by atoms with E-state index in [4.69, 9.17) is 0 Å². The standard InChI is InChI=1S/C8H11NO/c10-8(4-2-5-8)7-3-1-6-9-7/h1,3,6,9-10H,2,4-5H2. The lowest BCUT2D eigenvalue weighted by Crippen LogP contribution is -2.33. The first kappa shape index (κ1) is 5.98. The molecular formula is C8H11NO. The molecule has 10 heavy (non-hydrogen) atoms. The van der Waals surface area contributed by atoms with Crippen molar-refractivity contribution in [3.63, 3.8) is 0 Å². The lowest BCUT2D eigenvalue weighted by atomic mass is 9.78. The third kappa shape index (κ3) is 0.688. The third-order valence-corrected chi connectivity index (χ3v) is 2.28. The van der Waals surface area contributed by atoms with Crippen LogP contribution < -0.4 is 0 Å². The Kier molecular flexibility index (Phi) is 1.11. The molecule has 0 amide bonds. The molecule has 2 rings (SSSR count). The molecule has 0 spiro atoms. The second kappa shape index (κ2) is 1.86. The van der Waals surface area contributed by atoms with Crippen LogP contribution in [-0.4, -0.2) is 10.1 Å². The van der Waals surface area contributed by atoms with E-state index in [0.717, 1.165) is 25.0 Å². The van der Waals surface area contributed by atoms with Crippen molar-refractivity contribution in [3.8, 4) is 0 Å². The summed E-state index contributed by atoms with van der Waals surface area (Å²) in [6.45, 7) is 0. The van der Waals surface area contributed by atoms with Gasteiger partial charge >= 0.3 is 0 Å². The minimum Gasteiger partial charge on any atom is -0.384 e. The van der Waals surface area contributed by atoms with E-state index in [2.05, 4.69) is 4.98 Å². The Balaban J connectivity index is 2.27. The first-order valence-corrected chi connectivity index (χ1v) is 3.67. The number of hydrogen-bond donors (Lipinski definition) is 2. The summed E-state index contributed by atoms with van der Waals surface area (Å²) in [6.07, 6.45) is 4.82. The van der Waals surface area contributed by atoms with Gasteiger partial charge in [0.2, 0.25) is 0 Å². The third-order valence-electron chi connectivity index (χ3n) is 2.28. The number of aliphatic hydroxyl groups is 1. The highest BCUT2D eigenvalue weighted by molar-refractivity contribution is 5.16. The van der Waals surface area contributed by atoms with Crippen molar-refractivity contribution < 1.29 is 5.11 Å². The van der Waals surface area contributed by atoms with Gasteiger partial charge in [-0.2, -0.15) is 0 Å². The molecule has 0 unspecified atom stereocenters. The molecule has 0 aliphatic heterocycles. The largest absolute Gasteiger partial charge is 0.384 e. The molecule has 2 nitrogen and oxygen atoms in total. The summed E-state index contributed by atoms with van der Waals surface area (Å²) < 4.78 is 0. The van der Waals surface area contributed by atoms with E-state index in [1.165, 1.54) is 0 Å². The van der Waals surface area contributed by atoms with Crippen LogP contribution >= 0.6 is 0 Å². The maximum atomic E-state index is 9.74. The van der Waals surface area contributed by atoms with E-state index in [-0.39, 0.29) is 0 Å². The SMILES string of the molecule is OC1(c2ccc[nH]2)CCC1. The van der Waals surface area contributed by atoms with Crippen LogP contribution in [-0.2, 0) is 5.60 Å². The van der Waals surface area contributed by atoms with Gasteiger partial charge in [-0.25, -0.2) is 0 Å². The van der Waals surface area contributed by atoms with Crippen molar-refractivity contribution in [3.05, 3.63) is 24.0 Å². The number of hydrogen-bond acceptors (Lipinski definition) is 1. The molecule has 1 aromatic heterocycles. The summed E-state index contributed by atoms with van der Waals surface area (Å²) in [5.74, 6) is 0. The molecule has 54 valence electrons. The van der Waals surface area contributed by atoms with Gasteiger partial charge < -0.3 is 10.1 Å². The van der Waals surface area contributed by atoms with Crippen molar-refractivity contribution in [2.45, 2.75) is 24.9 Å². The molecule has 1 aromatic rings. The fraction of sp³-hybridized carbons (Fsp3) is 0.500. The van der Waals surface area contributed by atoms with Crippen LogP contribution in [0.15, 0.2) is 18.3 Å². The number of aromatic nitrogens is 1. The molecule has 0 aromatic carbocycles. The average Bonchev–Trinajstić information content (AvgIpc) is 2.33. The minimum atomic E-state index is -0.510. The Hall–Kier alpha value is -0.760. The van der Waals surface area contributed by atoms with Crippen molar-refractivity contribution >= 4 is 0 Å².